The van der Waals surface area contributed by atoms with Gasteiger partial charge < -0.3 is 9.47 Å². The van der Waals surface area contributed by atoms with E-state index in [0.717, 1.165) is 38.4 Å². The Labute approximate surface area is 122 Å². The lowest BCUT2D eigenvalue weighted by molar-refractivity contribution is -0.0686. The van der Waals surface area contributed by atoms with Crippen LogP contribution in [0, 0.1) is 13.8 Å². The maximum atomic E-state index is 5.83. The molecule has 2 atom stereocenters. The summed E-state index contributed by atoms with van der Waals surface area (Å²) >= 11 is 0. The minimum atomic E-state index is 0.347. The molecule has 1 aromatic carbocycles. The van der Waals surface area contributed by atoms with Crippen molar-refractivity contribution in [2.45, 2.75) is 46.3 Å². The third kappa shape index (κ3) is 4.50. The molecule has 0 saturated carbocycles. The molecule has 2 rings (SSSR count). The summed E-state index contributed by atoms with van der Waals surface area (Å²) in [6.45, 7) is 12.5. The lowest BCUT2D eigenvalue weighted by atomic mass is 10.1. The standard InChI is InChI=1S/C17H27NO2/c1-13-6-7-17(10-14(13)2)19-9-5-8-18-11-15(3)20-16(4)12-18/h6-7,10,15-16H,5,8-9,11-12H2,1-4H3/t15-,16+. The predicted molar refractivity (Wildman–Crippen MR) is 82.5 cm³/mol. The van der Waals surface area contributed by atoms with Gasteiger partial charge in [0.2, 0.25) is 0 Å². The van der Waals surface area contributed by atoms with Crippen LogP contribution in [0.5, 0.6) is 5.75 Å². The van der Waals surface area contributed by atoms with Crippen LogP contribution in [0.3, 0.4) is 0 Å². The Morgan fingerprint density at radius 3 is 2.50 bits per heavy atom. The van der Waals surface area contributed by atoms with Crippen molar-refractivity contribution in [1.82, 2.24) is 4.90 Å². The van der Waals surface area contributed by atoms with E-state index in [1.165, 1.54) is 11.1 Å². The highest BCUT2D eigenvalue weighted by atomic mass is 16.5. The Morgan fingerprint density at radius 1 is 1.15 bits per heavy atom. The first-order chi connectivity index (χ1) is 9.54. The highest BCUT2D eigenvalue weighted by Crippen LogP contribution is 2.17. The highest BCUT2D eigenvalue weighted by Gasteiger charge is 2.21. The van der Waals surface area contributed by atoms with Crippen LogP contribution >= 0.6 is 0 Å². The summed E-state index contributed by atoms with van der Waals surface area (Å²) in [5, 5.41) is 0. The molecule has 0 N–H and O–H groups in total. The van der Waals surface area contributed by atoms with Gasteiger partial charge in [0.1, 0.15) is 5.75 Å². The van der Waals surface area contributed by atoms with Crippen LogP contribution in [-0.2, 0) is 4.74 Å². The van der Waals surface area contributed by atoms with Crippen molar-refractivity contribution in [3.63, 3.8) is 0 Å². The largest absolute Gasteiger partial charge is 0.494 e. The summed E-state index contributed by atoms with van der Waals surface area (Å²) < 4.78 is 11.6. The summed E-state index contributed by atoms with van der Waals surface area (Å²) in [7, 11) is 0. The number of ether oxygens (including phenoxy) is 2. The zero-order valence-corrected chi connectivity index (χ0v) is 13.2. The minimum Gasteiger partial charge on any atom is -0.494 e. The smallest absolute Gasteiger partial charge is 0.119 e. The summed E-state index contributed by atoms with van der Waals surface area (Å²) in [5.41, 5.74) is 2.60. The molecule has 1 aliphatic heterocycles. The molecular weight excluding hydrogens is 250 g/mol. The molecule has 0 aliphatic carbocycles. The minimum absolute atomic E-state index is 0.347. The quantitative estimate of drug-likeness (QED) is 0.772. The van der Waals surface area contributed by atoms with Gasteiger partial charge in [0.25, 0.3) is 0 Å². The fraction of sp³-hybridized carbons (Fsp3) is 0.647. The molecule has 0 bridgehead atoms. The Morgan fingerprint density at radius 2 is 1.85 bits per heavy atom. The molecule has 112 valence electrons. The van der Waals surface area contributed by atoms with Gasteiger partial charge in [0.05, 0.1) is 18.8 Å². The first-order valence-electron chi connectivity index (χ1n) is 7.62. The third-order valence-corrected chi connectivity index (χ3v) is 3.86. The van der Waals surface area contributed by atoms with Gasteiger partial charge in [-0.25, -0.2) is 0 Å². The first kappa shape index (κ1) is 15.3. The summed E-state index contributed by atoms with van der Waals surface area (Å²) in [6.07, 6.45) is 1.76. The van der Waals surface area contributed by atoms with Crippen molar-refractivity contribution in [3.05, 3.63) is 29.3 Å². The van der Waals surface area contributed by atoms with E-state index in [1.54, 1.807) is 0 Å². The summed E-state index contributed by atoms with van der Waals surface area (Å²) in [4.78, 5) is 2.47. The van der Waals surface area contributed by atoms with Crippen molar-refractivity contribution >= 4 is 0 Å². The van der Waals surface area contributed by atoms with Gasteiger partial charge in [-0.3, -0.25) is 4.90 Å². The van der Waals surface area contributed by atoms with Crippen molar-refractivity contribution in [3.8, 4) is 5.75 Å². The van der Waals surface area contributed by atoms with Crippen LogP contribution in [-0.4, -0.2) is 43.3 Å². The Balaban J connectivity index is 1.69. The van der Waals surface area contributed by atoms with E-state index in [9.17, 15) is 0 Å². The van der Waals surface area contributed by atoms with Gasteiger partial charge in [0.15, 0.2) is 0 Å². The predicted octanol–water partition coefficient (Wildman–Crippen LogP) is 3.18. The molecule has 0 spiro atoms. The van der Waals surface area contributed by atoms with Gasteiger partial charge in [-0.15, -0.1) is 0 Å². The van der Waals surface area contributed by atoms with Crippen molar-refractivity contribution in [2.75, 3.05) is 26.2 Å². The van der Waals surface area contributed by atoms with Crippen LogP contribution in [0.4, 0.5) is 0 Å². The SMILES string of the molecule is Cc1ccc(OCCCN2C[C@@H](C)O[C@@H](C)C2)cc1C. The maximum absolute atomic E-state index is 5.83. The van der Waals surface area contributed by atoms with Gasteiger partial charge in [0, 0.05) is 19.6 Å². The van der Waals surface area contributed by atoms with E-state index in [1.807, 2.05) is 0 Å². The number of nitrogens with zero attached hydrogens (tertiary/aromatic N) is 1. The van der Waals surface area contributed by atoms with Crippen LogP contribution in [0.25, 0.3) is 0 Å². The van der Waals surface area contributed by atoms with Crippen molar-refractivity contribution < 1.29 is 9.47 Å². The van der Waals surface area contributed by atoms with E-state index >= 15 is 0 Å². The lowest BCUT2D eigenvalue weighted by Gasteiger charge is -2.35. The monoisotopic (exact) mass is 277 g/mol. The Bertz CT molecular complexity index is 423. The van der Waals surface area contributed by atoms with Crippen LogP contribution < -0.4 is 4.74 Å². The van der Waals surface area contributed by atoms with E-state index in [0.29, 0.717) is 12.2 Å². The fourth-order valence-corrected chi connectivity index (χ4v) is 2.75. The zero-order valence-electron chi connectivity index (χ0n) is 13.2. The molecule has 1 fully saturated rings. The van der Waals surface area contributed by atoms with E-state index < -0.39 is 0 Å². The molecule has 1 heterocycles. The molecule has 0 amide bonds. The van der Waals surface area contributed by atoms with Crippen LogP contribution in [0.15, 0.2) is 18.2 Å². The highest BCUT2D eigenvalue weighted by molar-refractivity contribution is 5.33. The van der Waals surface area contributed by atoms with E-state index in [2.05, 4.69) is 50.8 Å². The molecular formula is C17H27NO2. The van der Waals surface area contributed by atoms with Gasteiger partial charge in [-0.1, -0.05) is 6.07 Å². The second-order valence-electron chi connectivity index (χ2n) is 5.96. The number of hydrogen-bond donors (Lipinski definition) is 0. The first-order valence-corrected chi connectivity index (χ1v) is 7.62. The zero-order chi connectivity index (χ0) is 14.5. The Kier molecular flexibility index (Phi) is 5.44. The number of benzene rings is 1. The number of morpholine rings is 1. The van der Waals surface area contributed by atoms with Gasteiger partial charge in [-0.05, 0) is 57.4 Å². The van der Waals surface area contributed by atoms with Crippen molar-refractivity contribution in [1.29, 1.82) is 0 Å². The van der Waals surface area contributed by atoms with E-state index in [4.69, 9.17) is 9.47 Å². The van der Waals surface area contributed by atoms with Crippen LogP contribution in [0.2, 0.25) is 0 Å². The number of rotatable bonds is 5. The average Bonchev–Trinajstić information content (AvgIpc) is 2.38. The average molecular weight is 277 g/mol. The Hall–Kier alpha value is -1.06. The molecule has 3 heteroatoms. The number of hydrogen-bond acceptors (Lipinski definition) is 3. The number of aryl methyl sites for hydroxylation is 2. The van der Waals surface area contributed by atoms with Crippen LogP contribution in [0.1, 0.15) is 31.4 Å². The summed E-state index contributed by atoms with van der Waals surface area (Å²) in [5.74, 6) is 0.983. The molecule has 20 heavy (non-hydrogen) atoms. The molecule has 0 aromatic heterocycles. The molecule has 1 aromatic rings. The molecule has 0 radical (unpaired) electrons. The molecule has 1 aliphatic rings. The molecule has 1 saturated heterocycles. The van der Waals surface area contributed by atoms with Gasteiger partial charge >= 0.3 is 0 Å². The fourth-order valence-electron chi connectivity index (χ4n) is 2.75. The molecule has 0 unspecified atom stereocenters. The molecule has 3 nitrogen and oxygen atoms in total. The topological polar surface area (TPSA) is 21.7 Å². The van der Waals surface area contributed by atoms with Crippen molar-refractivity contribution in [2.24, 2.45) is 0 Å². The third-order valence-electron chi connectivity index (χ3n) is 3.86. The summed E-state index contributed by atoms with van der Waals surface area (Å²) in [6, 6.07) is 6.30. The second-order valence-corrected chi connectivity index (χ2v) is 5.96. The lowest BCUT2D eigenvalue weighted by Crippen LogP contribution is -2.45. The van der Waals surface area contributed by atoms with E-state index in [-0.39, 0.29) is 0 Å². The van der Waals surface area contributed by atoms with Gasteiger partial charge in [-0.2, -0.15) is 0 Å². The maximum Gasteiger partial charge on any atom is 0.119 e. The normalized spacial score (nSPS) is 23.8. The second kappa shape index (κ2) is 7.09.